The van der Waals surface area contributed by atoms with Crippen molar-refractivity contribution < 1.29 is 8.42 Å². The number of sulfone groups is 1. The molecule has 0 saturated heterocycles. The molecule has 4 nitrogen and oxygen atoms in total. The van der Waals surface area contributed by atoms with Gasteiger partial charge in [0.05, 0.1) is 21.9 Å². The molecule has 2 rings (SSSR count). The third-order valence-electron chi connectivity index (χ3n) is 3.11. The summed E-state index contributed by atoms with van der Waals surface area (Å²) in [6, 6.07) is 7.05. The second-order valence-electron chi connectivity index (χ2n) is 5.40. The number of para-hydroxylation sites is 1. The first kappa shape index (κ1) is 16.0. The monoisotopic (exact) mass is 324 g/mol. The van der Waals surface area contributed by atoms with Crippen LogP contribution >= 0.6 is 11.3 Å². The van der Waals surface area contributed by atoms with E-state index in [1.807, 2.05) is 32.2 Å². The highest BCUT2D eigenvalue weighted by Crippen LogP contribution is 2.31. The first-order valence-corrected chi connectivity index (χ1v) is 9.40. The molecule has 0 spiro atoms. The molecule has 0 amide bonds. The van der Waals surface area contributed by atoms with Gasteiger partial charge in [0.2, 0.25) is 0 Å². The lowest BCUT2D eigenvalue weighted by molar-refractivity contribution is 0.589. The van der Waals surface area contributed by atoms with E-state index in [2.05, 4.69) is 10.3 Å². The molecule has 6 heteroatoms. The lowest BCUT2D eigenvalue weighted by atomic mass is 10.1. The van der Waals surface area contributed by atoms with Crippen molar-refractivity contribution in [3.63, 3.8) is 0 Å². The Bertz CT molecular complexity index is 692. The summed E-state index contributed by atoms with van der Waals surface area (Å²) in [6.45, 7) is 5.86. The molecule has 1 N–H and O–H groups in total. The summed E-state index contributed by atoms with van der Waals surface area (Å²) in [5.41, 5.74) is 0.206. The molecular formula is C15H20N2O2S2. The van der Waals surface area contributed by atoms with Crippen LogP contribution in [0.1, 0.15) is 32.2 Å². The molecule has 114 valence electrons. The predicted octanol–water partition coefficient (Wildman–Crippen LogP) is 3.67. The summed E-state index contributed by atoms with van der Waals surface area (Å²) in [4.78, 5) is 4.68. The molecule has 2 aromatic rings. The maximum Gasteiger partial charge on any atom is 0.180 e. The Kier molecular flexibility index (Phi) is 4.68. The molecule has 0 atom stereocenters. The van der Waals surface area contributed by atoms with E-state index >= 15 is 0 Å². The Morgan fingerprint density at radius 3 is 2.62 bits per heavy atom. The third-order valence-corrected chi connectivity index (χ3v) is 6.18. The minimum Gasteiger partial charge on any atom is -0.373 e. The normalized spacial score (nSPS) is 12.3. The standard InChI is InChI=1S/C15H20N2O2S2/c1-4-11-21(18,19)13-8-6-5-7-12(13)17-15(2,3)14-16-9-10-20-14/h5-10,17H,4,11H2,1-3H3. The maximum atomic E-state index is 12.4. The van der Waals surface area contributed by atoms with Crippen molar-refractivity contribution in [3.05, 3.63) is 40.8 Å². The van der Waals surface area contributed by atoms with E-state index < -0.39 is 15.4 Å². The molecule has 0 fully saturated rings. The lowest BCUT2D eigenvalue weighted by Gasteiger charge is -2.26. The van der Waals surface area contributed by atoms with Gasteiger partial charge in [-0.2, -0.15) is 0 Å². The Morgan fingerprint density at radius 1 is 1.29 bits per heavy atom. The Labute approximate surface area is 130 Å². The molecular weight excluding hydrogens is 304 g/mol. The number of aromatic nitrogens is 1. The zero-order valence-electron chi connectivity index (χ0n) is 12.5. The van der Waals surface area contributed by atoms with Gasteiger partial charge in [0.25, 0.3) is 0 Å². The van der Waals surface area contributed by atoms with Crippen molar-refractivity contribution in [3.8, 4) is 0 Å². The van der Waals surface area contributed by atoms with Crippen molar-refractivity contribution in [1.82, 2.24) is 4.98 Å². The molecule has 1 aromatic heterocycles. The lowest BCUT2D eigenvalue weighted by Crippen LogP contribution is -2.28. The van der Waals surface area contributed by atoms with Crippen molar-refractivity contribution in [2.24, 2.45) is 0 Å². The summed E-state index contributed by atoms with van der Waals surface area (Å²) >= 11 is 1.55. The predicted molar refractivity (Wildman–Crippen MR) is 87.5 cm³/mol. The highest BCUT2D eigenvalue weighted by Gasteiger charge is 2.26. The van der Waals surface area contributed by atoms with E-state index in [1.54, 1.807) is 35.7 Å². The number of hydrogen-bond donors (Lipinski definition) is 1. The summed E-state index contributed by atoms with van der Waals surface area (Å²) in [6.07, 6.45) is 2.36. The number of nitrogens with one attached hydrogen (secondary N) is 1. The van der Waals surface area contributed by atoms with Gasteiger partial charge in [-0.05, 0) is 32.4 Å². The van der Waals surface area contributed by atoms with Gasteiger partial charge >= 0.3 is 0 Å². The minimum absolute atomic E-state index is 0.156. The van der Waals surface area contributed by atoms with Crippen LogP contribution in [0.25, 0.3) is 0 Å². The van der Waals surface area contributed by atoms with E-state index in [1.165, 1.54) is 0 Å². The van der Waals surface area contributed by atoms with E-state index in [4.69, 9.17) is 0 Å². The van der Waals surface area contributed by atoms with Gasteiger partial charge in [0, 0.05) is 11.6 Å². The van der Waals surface area contributed by atoms with Crippen LogP contribution < -0.4 is 5.32 Å². The topological polar surface area (TPSA) is 59.1 Å². The van der Waals surface area contributed by atoms with Crippen LogP contribution in [0.4, 0.5) is 5.69 Å². The fourth-order valence-electron chi connectivity index (χ4n) is 2.14. The highest BCUT2D eigenvalue weighted by atomic mass is 32.2. The average Bonchev–Trinajstić information content (AvgIpc) is 2.93. The third kappa shape index (κ3) is 3.63. The summed E-state index contributed by atoms with van der Waals surface area (Å²) in [5.74, 6) is 0.156. The molecule has 0 aliphatic carbocycles. The quantitative estimate of drug-likeness (QED) is 0.880. The number of benzene rings is 1. The molecule has 0 bridgehead atoms. The number of hydrogen-bond acceptors (Lipinski definition) is 5. The highest BCUT2D eigenvalue weighted by molar-refractivity contribution is 7.91. The number of anilines is 1. The first-order chi connectivity index (χ1) is 9.87. The number of thiazole rings is 1. The van der Waals surface area contributed by atoms with E-state index in [0.717, 1.165) is 5.01 Å². The zero-order valence-corrected chi connectivity index (χ0v) is 14.1. The van der Waals surface area contributed by atoms with Crippen molar-refractivity contribution in [2.75, 3.05) is 11.1 Å². The Morgan fingerprint density at radius 2 is 2.00 bits per heavy atom. The molecule has 1 heterocycles. The van der Waals surface area contributed by atoms with Gasteiger partial charge in [-0.1, -0.05) is 19.1 Å². The van der Waals surface area contributed by atoms with Crippen molar-refractivity contribution >= 4 is 26.9 Å². The molecule has 0 unspecified atom stereocenters. The van der Waals surface area contributed by atoms with Gasteiger partial charge in [-0.15, -0.1) is 11.3 Å². The van der Waals surface area contributed by atoms with E-state index in [0.29, 0.717) is 17.0 Å². The molecule has 1 aromatic carbocycles. The van der Waals surface area contributed by atoms with Crippen LogP contribution in [-0.4, -0.2) is 19.2 Å². The van der Waals surface area contributed by atoms with Crippen LogP contribution in [-0.2, 0) is 15.4 Å². The number of nitrogens with zero attached hydrogens (tertiary/aromatic N) is 1. The molecule has 0 aliphatic heterocycles. The summed E-state index contributed by atoms with van der Waals surface area (Å²) in [7, 11) is -3.26. The fraction of sp³-hybridized carbons (Fsp3) is 0.400. The van der Waals surface area contributed by atoms with Gasteiger partial charge in [-0.25, -0.2) is 13.4 Å². The van der Waals surface area contributed by atoms with Gasteiger partial charge < -0.3 is 5.32 Å². The largest absolute Gasteiger partial charge is 0.373 e. The van der Waals surface area contributed by atoms with Crippen LogP contribution in [0.5, 0.6) is 0 Å². The van der Waals surface area contributed by atoms with Crippen LogP contribution in [0.2, 0.25) is 0 Å². The average molecular weight is 324 g/mol. The second-order valence-corrected chi connectivity index (χ2v) is 8.37. The van der Waals surface area contributed by atoms with Crippen LogP contribution in [0, 0.1) is 0 Å². The smallest absolute Gasteiger partial charge is 0.180 e. The Hall–Kier alpha value is -1.40. The number of rotatable bonds is 6. The molecule has 0 radical (unpaired) electrons. The first-order valence-electron chi connectivity index (χ1n) is 6.87. The van der Waals surface area contributed by atoms with Crippen molar-refractivity contribution in [1.29, 1.82) is 0 Å². The van der Waals surface area contributed by atoms with Crippen molar-refractivity contribution in [2.45, 2.75) is 37.6 Å². The molecule has 21 heavy (non-hydrogen) atoms. The maximum absolute atomic E-state index is 12.4. The van der Waals surface area contributed by atoms with Gasteiger partial charge in [-0.3, -0.25) is 0 Å². The van der Waals surface area contributed by atoms with Crippen LogP contribution in [0.15, 0.2) is 40.7 Å². The second kappa shape index (κ2) is 6.15. The molecule has 0 aliphatic rings. The Balaban J connectivity index is 2.38. The van der Waals surface area contributed by atoms with E-state index in [9.17, 15) is 8.42 Å². The van der Waals surface area contributed by atoms with Gasteiger partial charge in [0.1, 0.15) is 5.01 Å². The minimum atomic E-state index is -3.26. The molecule has 0 saturated carbocycles. The van der Waals surface area contributed by atoms with Crippen LogP contribution in [0.3, 0.4) is 0 Å². The fourth-order valence-corrected chi connectivity index (χ4v) is 4.36. The summed E-state index contributed by atoms with van der Waals surface area (Å²) in [5, 5.41) is 6.16. The summed E-state index contributed by atoms with van der Waals surface area (Å²) < 4.78 is 24.7. The zero-order chi connectivity index (χ0) is 15.5. The van der Waals surface area contributed by atoms with E-state index in [-0.39, 0.29) is 5.75 Å². The van der Waals surface area contributed by atoms with Gasteiger partial charge in [0.15, 0.2) is 9.84 Å². The SMILES string of the molecule is CCCS(=O)(=O)c1ccccc1NC(C)(C)c1nccs1.